The number of ketones is 1. The number of benzene rings is 1. The molecule has 1 aromatic heterocycles. The molecule has 0 radical (unpaired) electrons. The van der Waals surface area contributed by atoms with E-state index >= 15 is 0 Å². The van der Waals surface area contributed by atoms with Crippen molar-refractivity contribution in [3.05, 3.63) is 41.6 Å². The zero-order chi connectivity index (χ0) is 16.1. The van der Waals surface area contributed by atoms with Gasteiger partial charge in [-0.3, -0.25) is 4.79 Å². The lowest BCUT2D eigenvalue weighted by Crippen LogP contribution is -2.24. The van der Waals surface area contributed by atoms with Crippen molar-refractivity contribution in [1.29, 1.82) is 0 Å². The van der Waals surface area contributed by atoms with Crippen LogP contribution in [0, 0.1) is 6.92 Å². The molecule has 0 spiro atoms. The molecule has 0 saturated carbocycles. The first-order chi connectivity index (χ1) is 10.5. The van der Waals surface area contributed by atoms with Crippen molar-refractivity contribution in [3.8, 4) is 0 Å². The van der Waals surface area contributed by atoms with Crippen molar-refractivity contribution < 1.29 is 4.79 Å². The highest BCUT2D eigenvalue weighted by molar-refractivity contribution is 5.95. The van der Waals surface area contributed by atoms with Crippen LogP contribution in [-0.2, 0) is 0 Å². The Morgan fingerprint density at radius 1 is 1.18 bits per heavy atom. The predicted molar refractivity (Wildman–Crippen MR) is 90.1 cm³/mol. The first-order valence-corrected chi connectivity index (χ1v) is 7.52. The summed E-state index contributed by atoms with van der Waals surface area (Å²) in [7, 11) is 0. The van der Waals surface area contributed by atoms with Gasteiger partial charge in [-0.15, -0.1) is 0 Å². The first-order valence-electron chi connectivity index (χ1n) is 7.52. The quantitative estimate of drug-likeness (QED) is 0.826. The van der Waals surface area contributed by atoms with E-state index < -0.39 is 0 Å². The van der Waals surface area contributed by atoms with E-state index in [4.69, 9.17) is 0 Å². The lowest BCUT2D eigenvalue weighted by Gasteiger charge is -2.19. The van der Waals surface area contributed by atoms with Crippen LogP contribution in [0.3, 0.4) is 0 Å². The molecule has 0 aliphatic carbocycles. The van der Waals surface area contributed by atoms with Gasteiger partial charge in [-0.25, -0.2) is 4.98 Å². The summed E-state index contributed by atoms with van der Waals surface area (Å²) in [5, 5.41) is 3.25. The second-order valence-electron chi connectivity index (χ2n) is 5.13. The molecule has 0 aliphatic heterocycles. The van der Waals surface area contributed by atoms with Gasteiger partial charge in [-0.2, -0.15) is 4.98 Å². The Morgan fingerprint density at radius 2 is 1.91 bits per heavy atom. The summed E-state index contributed by atoms with van der Waals surface area (Å²) in [5.41, 5.74) is 2.43. The topological polar surface area (TPSA) is 58.1 Å². The maximum Gasteiger partial charge on any atom is 0.227 e. The zero-order valence-electron chi connectivity index (χ0n) is 13.6. The van der Waals surface area contributed by atoms with Crippen molar-refractivity contribution in [2.24, 2.45) is 0 Å². The smallest absolute Gasteiger partial charge is 0.227 e. The highest BCUT2D eigenvalue weighted by Crippen LogP contribution is 2.19. The number of nitrogens with one attached hydrogen (secondary N) is 1. The van der Waals surface area contributed by atoms with Crippen LogP contribution in [0.1, 0.15) is 36.8 Å². The summed E-state index contributed by atoms with van der Waals surface area (Å²) >= 11 is 0. The predicted octanol–water partition coefficient (Wildman–Crippen LogP) is 3.58. The van der Waals surface area contributed by atoms with E-state index in [9.17, 15) is 4.79 Å². The summed E-state index contributed by atoms with van der Waals surface area (Å²) in [6, 6.07) is 9.31. The summed E-state index contributed by atoms with van der Waals surface area (Å²) < 4.78 is 0. The van der Waals surface area contributed by atoms with Crippen LogP contribution in [0.5, 0.6) is 0 Å². The summed E-state index contributed by atoms with van der Waals surface area (Å²) in [4.78, 5) is 22.6. The third kappa shape index (κ3) is 3.81. The zero-order valence-corrected chi connectivity index (χ0v) is 13.6. The number of hydrogen-bond donors (Lipinski definition) is 1. The van der Waals surface area contributed by atoms with E-state index in [0.29, 0.717) is 5.56 Å². The molecule has 0 bridgehead atoms. The van der Waals surface area contributed by atoms with E-state index in [2.05, 4.69) is 34.0 Å². The molecule has 1 aromatic carbocycles. The van der Waals surface area contributed by atoms with Gasteiger partial charge in [0.15, 0.2) is 5.78 Å². The average Bonchev–Trinajstić information content (AvgIpc) is 2.48. The van der Waals surface area contributed by atoms with Gasteiger partial charge >= 0.3 is 0 Å². The number of nitrogens with zero attached hydrogens (tertiary/aromatic N) is 3. The molecule has 0 fully saturated rings. The van der Waals surface area contributed by atoms with Gasteiger partial charge in [0, 0.05) is 36.1 Å². The normalized spacial score (nSPS) is 10.4. The number of rotatable bonds is 6. The van der Waals surface area contributed by atoms with Crippen molar-refractivity contribution in [2.45, 2.75) is 27.7 Å². The Hall–Kier alpha value is -2.43. The Morgan fingerprint density at radius 3 is 2.55 bits per heavy atom. The molecule has 0 unspecified atom stereocenters. The van der Waals surface area contributed by atoms with Gasteiger partial charge in [-0.1, -0.05) is 12.1 Å². The van der Waals surface area contributed by atoms with Crippen molar-refractivity contribution >= 4 is 23.2 Å². The van der Waals surface area contributed by atoms with Crippen LogP contribution in [0.4, 0.5) is 17.5 Å². The molecule has 2 aromatic rings. The van der Waals surface area contributed by atoms with Gasteiger partial charge in [0.1, 0.15) is 5.82 Å². The Labute approximate surface area is 131 Å². The van der Waals surface area contributed by atoms with Crippen molar-refractivity contribution in [1.82, 2.24) is 9.97 Å². The van der Waals surface area contributed by atoms with Crippen LogP contribution in [0.25, 0.3) is 0 Å². The van der Waals surface area contributed by atoms with Crippen LogP contribution < -0.4 is 10.2 Å². The molecule has 0 saturated heterocycles. The van der Waals surface area contributed by atoms with Gasteiger partial charge < -0.3 is 10.2 Å². The highest BCUT2D eigenvalue weighted by atomic mass is 16.1. The number of Topliss-reactive ketones (excluding diaryl/α,β-unsaturated/α-hetero) is 1. The van der Waals surface area contributed by atoms with Gasteiger partial charge in [0.05, 0.1) is 0 Å². The standard InChI is InChI=1S/C17H22N4O/c1-5-21(6-2)17-18-12(3)10-16(20-17)19-15-9-7-8-14(11-15)13(4)22/h7-11H,5-6H2,1-4H3,(H,18,19,20). The first kappa shape index (κ1) is 15.9. The van der Waals surface area contributed by atoms with Gasteiger partial charge in [0.2, 0.25) is 5.95 Å². The minimum Gasteiger partial charge on any atom is -0.341 e. The molecule has 22 heavy (non-hydrogen) atoms. The van der Waals surface area contributed by atoms with Crippen LogP contribution in [0.15, 0.2) is 30.3 Å². The number of anilines is 3. The van der Waals surface area contributed by atoms with E-state index in [0.717, 1.165) is 36.2 Å². The lowest BCUT2D eigenvalue weighted by atomic mass is 10.1. The Kier molecular flexibility index (Phi) is 5.09. The second-order valence-corrected chi connectivity index (χ2v) is 5.13. The summed E-state index contributed by atoms with van der Waals surface area (Å²) in [6.45, 7) is 9.40. The molecule has 1 N–H and O–H groups in total. The largest absolute Gasteiger partial charge is 0.341 e. The molecule has 0 aliphatic rings. The molecule has 0 amide bonds. The van der Waals surface area contributed by atoms with E-state index in [-0.39, 0.29) is 5.78 Å². The monoisotopic (exact) mass is 298 g/mol. The third-order valence-corrected chi connectivity index (χ3v) is 3.43. The lowest BCUT2D eigenvalue weighted by molar-refractivity contribution is 0.101. The molecule has 0 atom stereocenters. The minimum atomic E-state index is 0.0475. The fraction of sp³-hybridized carbons (Fsp3) is 0.353. The maximum atomic E-state index is 11.5. The summed E-state index contributed by atoms with van der Waals surface area (Å²) in [5.74, 6) is 1.50. The fourth-order valence-corrected chi connectivity index (χ4v) is 2.23. The van der Waals surface area contributed by atoms with Crippen LogP contribution in [0.2, 0.25) is 0 Å². The SMILES string of the molecule is CCN(CC)c1nc(C)cc(Nc2cccc(C(C)=O)c2)n1. The van der Waals surface area contributed by atoms with E-state index in [1.807, 2.05) is 31.2 Å². The highest BCUT2D eigenvalue weighted by Gasteiger charge is 2.09. The minimum absolute atomic E-state index is 0.0475. The fourth-order valence-electron chi connectivity index (χ4n) is 2.23. The van der Waals surface area contributed by atoms with Gasteiger partial charge in [0.25, 0.3) is 0 Å². The molecule has 5 nitrogen and oxygen atoms in total. The van der Waals surface area contributed by atoms with Gasteiger partial charge in [-0.05, 0) is 39.8 Å². The van der Waals surface area contributed by atoms with Crippen molar-refractivity contribution in [3.63, 3.8) is 0 Å². The molecule has 116 valence electrons. The number of aromatic nitrogens is 2. The maximum absolute atomic E-state index is 11.5. The molecule has 1 heterocycles. The number of carbonyl (C=O) groups is 1. The third-order valence-electron chi connectivity index (χ3n) is 3.43. The average molecular weight is 298 g/mol. The molecular formula is C17H22N4O. The molecular weight excluding hydrogens is 276 g/mol. The van der Waals surface area contributed by atoms with Crippen LogP contribution in [-0.4, -0.2) is 28.8 Å². The molecule has 5 heteroatoms. The van der Waals surface area contributed by atoms with E-state index in [1.54, 1.807) is 13.0 Å². The second kappa shape index (κ2) is 7.02. The Bertz CT molecular complexity index is 665. The van der Waals surface area contributed by atoms with E-state index in [1.165, 1.54) is 0 Å². The number of carbonyl (C=O) groups excluding carboxylic acids is 1. The summed E-state index contributed by atoms with van der Waals surface area (Å²) in [6.07, 6.45) is 0. The van der Waals surface area contributed by atoms with Crippen LogP contribution >= 0.6 is 0 Å². The number of aryl methyl sites for hydroxylation is 1. The molecule has 2 rings (SSSR count). The Balaban J connectivity index is 2.29. The number of hydrogen-bond acceptors (Lipinski definition) is 5. The van der Waals surface area contributed by atoms with Crippen molar-refractivity contribution in [2.75, 3.05) is 23.3 Å².